The molecule has 0 saturated heterocycles. The highest BCUT2D eigenvalue weighted by Gasteiger charge is 2.17. The summed E-state index contributed by atoms with van der Waals surface area (Å²) in [5.41, 5.74) is 3.55. The molecule has 0 amide bonds. The molecule has 17 heavy (non-hydrogen) atoms. The minimum Gasteiger partial charge on any atom is -0.294 e. The van der Waals surface area contributed by atoms with Crippen molar-refractivity contribution in [1.82, 2.24) is 0 Å². The second-order valence-electron chi connectivity index (χ2n) is 4.82. The summed E-state index contributed by atoms with van der Waals surface area (Å²) in [6.07, 6.45) is 3.83. The van der Waals surface area contributed by atoms with E-state index in [4.69, 9.17) is 0 Å². The highest BCUT2D eigenvalue weighted by Crippen LogP contribution is 2.27. The Balaban J connectivity index is 2.23. The minimum atomic E-state index is 0.313. The molecule has 0 aliphatic heterocycles. The van der Waals surface area contributed by atoms with Crippen LogP contribution in [-0.4, -0.2) is 5.78 Å². The van der Waals surface area contributed by atoms with E-state index in [1.165, 1.54) is 21.9 Å². The van der Waals surface area contributed by atoms with Crippen molar-refractivity contribution in [2.24, 2.45) is 0 Å². The van der Waals surface area contributed by atoms with Crippen molar-refractivity contribution in [1.29, 1.82) is 0 Å². The summed E-state index contributed by atoms with van der Waals surface area (Å²) in [4.78, 5) is 11.9. The van der Waals surface area contributed by atoms with Gasteiger partial charge in [0, 0.05) is 12.0 Å². The van der Waals surface area contributed by atoms with Crippen LogP contribution in [0.3, 0.4) is 0 Å². The molecule has 1 nitrogen and oxygen atoms in total. The predicted octanol–water partition coefficient (Wildman–Crippen LogP) is 3.92. The van der Waals surface area contributed by atoms with E-state index in [9.17, 15) is 4.79 Å². The van der Waals surface area contributed by atoms with E-state index in [0.29, 0.717) is 12.2 Å². The number of carbonyl (C=O) groups is 1. The monoisotopic (exact) mass is 224 g/mol. The molecule has 2 aromatic rings. The van der Waals surface area contributed by atoms with Gasteiger partial charge < -0.3 is 0 Å². The molecule has 0 bridgehead atoms. The topological polar surface area (TPSA) is 17.1 Å². The Labute approximate surface area is 101 Å². The van der Waals surface area contributed by atoms with Crippen LogP contribution in [0.4, 0.5) is 0 Å². The molecule has 86 valence electrons. The van der Waals surface area contributed by atoms with Gasteiger partial charge in [0.15, 0.2) is 5.78 Å². The van der Waals surface area contributed by atoms with E-state index in [2.05, 4.69) is 37.3 Å². The van der Waals surface area contributed by atoms with Crippen molar-refractivity contribution in [2.45, 2.75) is 32.6 Å². The summed E-state index contributed by atoms with van der Waals surface area (Å²) >= 11 is 0. The maximum absolute atomic E-state index is 11.9. The number of Topliss-reactive ketones (excluding diaryl/α,β-unsaturated/α-hetero) is 1. The van der Waals surface area contributed by atoms with Crippen LogP contribution < -0.4 is 0 Å². The fraction of sp³-hybridized carbons (Fsp3) is 0.312. The van der Waals surface area contributed by atoms with Gasteiger partial charge in [0.05, 0.1) is 0 Å². The van der Waals surface area contributed by atoms with Gasteiger partial charge in [0.1, 0.15) is 0 Å². The van der Waals surface area contributed by atoms with Gasteiger partial charge in [-0.25, -0.2) is 0 Å². The average Bonchev–Trinajstić information content (AvgIpc) is 2.36. The molecule has 1 heteroatoms. The van der Waals surface area contributed by atoms with Crippen LogP contribution in [0.15, 0.2) is 30.3 Å². The molecular weight excluding hydrogens is 208 g/mol. The van der Waals surface area contributed by atoms with Crippen molar-refractivity contribution in [2.75, 3.05) is 0 Å². The third-order valence-electron chi connectivity index (χ3n) is 3.69. The first-order valence-electron chi connectivity index (χ1n) is 6.36. The van der Waals surface area contributed by atoms with Crippen molar-refractivity contribution in [3.8, 4) is 0 Å². The molecule has 0 atom stereocenters. The van der Waals surface area contributed by atoms with Gasteiger partial charge in [0.25, 0.3) is 0 Å². The van der Waals surface area contributed by atoms with E-state index in [1.54, 1.807) is 0 Å². The molecule has 1 aliphatic rings. The van der Waals surface area contributed by atoms with Gasteiger partial charge in [-0.1, -0.05) is 31.2 Å². The third-order valence-corrected chi connectivity index (χ3v) is 3.69. The summed E-state index contributed by atoms with van der Waals surface area (Å²) in [5.74, 6) is 0.313. The quantitative estimate of drug-likeness (QED) is 0.717. The zero-order chi connectivity index (χ0) is 11.8. The van der Waals surface area contributed by atoms with Gasteiger partial charge in [-0.05, 0) is 47.2 Å². The Morgan fingerprint density at radius 1 is 1.06 bits per heavy atom. The van der Waals surface area contributed by atoms with E-state index >= 15 is 0 Å². The van der Waals surface area contributed by atoms with Crippen molar-refractivity contribution in [3.05, 3.63) is 47.0 Å². The zero-order valence-electron chi connectivity index (χ0n) is 10.1. The van der Waals surface area contributed by atoms with Gasteiger partial charge in [0.2, 0.25) is 0 Å². The van der Waals surface area contributed by atoms with Crippen LogP contribution in [-0.2, 0) is 12.8 Å². The third kappa shape index (κ3) is 1.76. The van der Waals surface area contributed by atoms with Crippen LogP contribution in [0, 0.1) is 0 Å². The smallest absolute Gasteiger partial charge is 0.163 e. The van der Waals surface area contributed by atoms with Crippen LogP contribution in [0.2, 0.25) is 0 Å². The molecule has 1 aliphatic carbocycles. The normalized spacial score (nSPS) is 15.0. The number of aryl methyl sites for hydroxylation is 2. The lowest BCUT2D eigenvalue weighted by Crippen LogP contribution is -2.10. The van der Waals surface area contributed by atoms with E-state index < -0.39 is 0 Å². The largest absolute Gasteiger partial charge is 0.294 e. The summed E-state index contributed by atoms with van der Waals surface area (Å²) in [7, 11) is 0. The lowest BCUT2D eigenvalue weighted by Gasteiger charge is -2.15. The number of ketones is 1. The second kappa shape index (κ2) is 3.99. The molecule has 0 N–H and O–H groups in total. The van der Waals surface area contributed by atoms with Crippen molar-refractivity contribution < 1.29 is 4.79 Å². The fourth-order valence-corrected chi connectivity index (χ4v) is 2.65. The molecule has 3 rings (SSSR count). The number of hydrogen-bond acceptors (Lipinski definition) is 1. The first-order valence-corrected chi connectivity index (χ1v) is 6.36. The standard InChI is InChI=1S/C16H16O/c1-2-11-6-7-12-10-15-13(9-14(12)8-11)4-3-5-16(15)17/h6-10H,2-5H2,1H3. The summed E-state index contributed by atoms with van der Waals surface area (Å²) in [5, 5.41) is 2.47. The molecule has 2 aromatic carbocycles. The highest BCUT2D eigenvalue weighted by molar-refractivity contribution is 6.02. The van der Waals surface area contributed by atoms with Crippen LogP contribution in [0.25, 0.3) is 10.8 Å². The number of carbonyl (C=O) groups excluding carboxylic acids is 1. The molecule has 0 fully saturated rings. The lowest BCUT2D eigenvalue weighted by atomic mass is 9.88. The highest BCUT2D eigenvalue weighted by atomic mass is 16.1. The summed E-state index contributed by atoms with van der Waals surface area (Å²) < 4.78 is 0. The average molecular weight is 224 g/mol. The maximum atomic E-state index is 11.9. The lowest BCUT2D eigenvalue weighted by molar-refractivity contribution is 0.0972. The Morgan fingerprint density at radius 2 is 1.94 bits per heavy atom. The molecule has 0 saturated carbocycles. The minimum absolute atomic E-state index is 0.313. The van der Waals surface area contributed by atoms with Gasteiger partial charge in [-0.15, -0.1) is 0 Å². The van der Waals surface area contributed by atoms with Gasteiger partial charge >= 0.3 is 0 Å². The van der Waals surface area contributed by atoms with E-state index in [0.717, 1.165) is 24.8 Å². The molecule has 0 unspecified atom stereocenters. The number of rotatable bonds is 1. The van der Waals surface area contributed by atoms with E-state index in [1.807, 2.05) is 0 Å². The molecule has 0 spiro atoms. The van der Waals surface area contributed by atoms with E-state index in [-0.39, 0.29) is 0 Å². The Bertz CT molecular complexity index is 596. The van der Waals surface area contributed by atoms with Gasteiger partial charge in [-0.3, -0.25) is 4.79 Å². The van der Waals surface area contributed by atoms with Crippen molar-refractivity contribution >= 4 is 16.6 Å². The van der Waals surface area contributed by atoms with Crippen LogP contribution >= 0.6 is 0 Å². The summed E-state index contributed by atoms with van der Waals surface area (Å²) in [6, 6.07) is 10.8. The second-order valence-corrected chi connectivity index (χ2v) is 4.82. The first-order chi connectivity index (χ1) is 8.28. The fourth-order valence-electron chi connectivity index (χ4n) is 2.65. The first kappa shape index (κ1) is 10.5. The molecular formula is C16H16O. The molecule has 0 radical (unpaired) electrons. The SMILES string of the molecule is CCc1ccc2cc3c(cc2c1)CCCC3=O. The van der Waals surface area contributed by atoms with Crippen LogP contribution in [0.5, 0.6) is 0 Å². The Kier molecular flexibility index (Phi) is 2.47. The van der Waals surface area contributed by atoms with Crippen molar-refractivity contribution in [3.63, 3.8) is 0 Å². The Hall–Kier alpha value is -1.63. The number of hydrogen-bond donors (Lipinski definition) is 0. The number of fused-ring (bicyclic) bond motifs is 2. The summed E-state index contributed by atoms with van der Waals surface area (Å²) in [6.45, 7) is 2.17. The molecule has 0 heterocycles. The van der Waals surface area contributed by atoms with Crippen LogP contribution in [0.1, 0.15) is 41.3 Å². The van der Waals surface area contributed by atoms with Gasteiger partial charge in [-0.2, -0.15) is 0 Å². The number of benzene rings is 2. The zero-order valence-corrected chi connectivity index (χ0v) is 10.1. The maximum Gasteiger partial charge on any atom is 0.163 e. The Morgan fingerprint density at radius 3 is 2.76 bits per heavy atom. The molecule has 0 aromatic heterocycles. The predicted molar refractivity (Wildman–Crippen MR) is 70.6 cm³/mol.